The van der Waals surface area contributed by atoms with Crippen LogP contribution in [-0.2, 0) is 10.8 Å². The second kappa shape index (κ2) is 7.03. The minimum absolute atomic E-state index is 0.117. The molecule has 1 fully saturated rings. The number of hydrogen-bond donors (Lipinski definition) is 1. The summed E-state index contributed by atoms with van der Waals surface area (Å²) in [7, 11) is 0. The maximum atomic E-state index is 10.9. The van der Waals surface area contributed by atoms with Crippen LogP contribution < -0.4 is 0 Å². The second-order valence-corrected chi connectivity index (χ2v) is 9.51. The quantitative estimate of drug-likeness (QED) is 0.675. The van der Waals surface area contributed by atoms with Crippen molar-refractivity contribution >= 4 is 17.2 Å². The van der Waals surface area contributed by atoms with Gasteiger partial charge in [0, 0.05) is 29.8 Å². The van der Waals surface area contributed by atoms with E-state index in [9.17, 15) is 5.11 Å². The minimum atomic E-state index is -0.117. The number of hydrogen-bond acceptors (Lipinski definition) is 2. The van der Waals surface area contributed by atoms with Crippen LogP contribution >= 0.6 is 12.2 Å². The van der Waals surface area contributed by atoms with E-state index < -0.39 is 0 Å². The van der Waals surface area contributed by atoms with Crippen molar-refractivity contribution in [3.8, 4) is 5.75 Å². The molecule has 134 valence electrons. The van der Waals surface area contributed by atoms with Crippen LogP contribution in [0, 0.1) is 0 Å². The van der Waals surface area contributed by atoms with Crippen molar-refractivity contribution in [3.63, 3.8) is 0 Å². The number of benzene rings is 1. The highest BCUT2D eigenvalue weighted by Gasteiger charge is 2.28. The van der Waals surface area contributed by atoms with E-state index in [-0.39, 0.29) is 10.8 Å². The van der Waals surface area contributed by atoms with Gasteiger partial charge in [-0.3, -0.25) is 0 Å². The van der Waals surface area contributed by atoms with Crippen molar-refractivity contribution in [1.29, 1.82) is 0 Å². The molecule has 0 saturated carbocycles. The predicted octanol–water partition coefficient (Wildman–Crippen LogP) is 5.54. The van der Waals surface area contributed by atoms with Crippen molar-refractivity contribution in [2.75, 3.05) is 13.1 Å². The number of rotatable bonds is 1. The van der Waals surface area contributed by atoms with Crippen LogP contribution in [0.2, 0.25) is 0 Å². The minimum Gasteiger partial charge on any atom is -0.507 e. The van der Waals surface area contributed by atoms with Gasteiger partial charge in [-0.15, -0.1) is 0 Å². The molecule has 0 unspecified atom stereocenters. The van der Waals surface area contributed by atoms with E-state index in [1.54, 1.807) is 0 Å². The fraction of sp³-hybridized carbons (Fsp3) is 0.667. The Bertz CT molecular complexity index is 564. The summed E-state index contributed by atoms with van der Waals surface area (Å²) in [4.78, 5) is 3.29. The number of likely N-dealkylation sites (tertiary alicyclic amines) is 1. The summed E-state index contributed by atoms with van der Waals surface area (Å²) in [6.07, 6.45) is 5.04. The van der Waals surface area contributed by atoms with Crippen LogP contribution in [0.3, 0.4) is 0 Å². The van der Waals surface area contributed by atoms with Crippen molar-refractivity contribution < 1.29 is 5.11 Å². The Kier molecular flexibility index (Phi) is 5.64. The predicted molar refractivity (Wildman–Crippen MR) is 107 cm³/mol. The maximum absolute atomic E-state index is 10.9. The average Bonchev–Trinajstić information content (AvgIpc) is 2.73. The van der Waals surface area contributed by atoms with E-state index in [0.29, 0.717) is 5.75 Å². The number of aromatic hydroxyl groups is 1. The van der Waals surface area contributed by atoms with Gasteiger partial charge in [-0.25, -0.2) is 0 Å². The largest absolute Gasteiger partial charge is 0.507 e. The van der Waals surface area contributed by atoms with Crippen molar-refractivity contribution in [3.05, 3.63) is 28.8 Å². The lowest BCUT2D eigenvalue weighted by Crippen LogP contribution is -2.31. The van der Waals surface area contributed by atoms with Gasteiger partial charge in [0.2, 0.25) is 0 Å². The SMILES string of the molecule is CC(C)(C)c1cc(C(=S)N2CCCCCC2)cc(C(C)(C)C)c1O. The molecule has 0 bridgehead atoms. The molecular formula is C21H33NOS. The van der Waals surface area contributed by atoms with Gasteiger partial charge in [-0.05, 0) is 35.8 Å². The zero-order valence-corrected chi connectivity index (χ0v) is 17.0. The van der Waals surface area contributed by atoms with Crippen LogP contribution in [0.15, 0.2) is 12.1 Å². The molecule has 2 rings (SSSR count). The Balaban J connectivity index is 2.51. The molecule has 2 nitrogen and oxygen atoms in total. The summed E-state index contributed by atoms with van der Waals surface area (Å²) >= 11 is 5.85. The highest BCUT2D eigenvalue weighted by atomic mass is 32.1. The molecule has 0 amide bonds. The number of phenols is 1. The molecule has 24 heavy (non-hydrogen) atoms. The Morgan fingerprint density at radius 2 is 1.29 bits per heavy atom. The fourth-order valence-electron chi connectivity index (χ4n) is 3.36. The molecule has 0 aliphatic carbocycles. The zero-order chi connectivity index (χ0) is 18.1. The highest BCUT2D eigenvalue weighted by molar-refractivity contribution is 7.80. The molecule has 1 aliphatic rings. The van der Waals surface area contributed by atoms with Gasteiger partial charge >= 0.3 is 0 Å². The molecule has 1 aromatic carbocycles. The molecule has 0 radical (unpaired) electrons. The molecule has 1 saturated heterocycles. The van der Waals surface area contributed by atoms with Crippen molar-refractivity contribution in [1.82, 2.24) is 4.90 Å². The fourth-order valence-corrected chi connectivity index (χ4v) is 3.66. The van der Waals surface area contributed by atoms with E-state index in [2.05, 4.69) is 58.6 Å². The average molecular weight is 348 g/mol. The Morgan fingerprint density at radius 3 is 1.67 bits per heavy atom. The summed E-state index contributed by atoms with van der Waals surface area (Å²) in [6, 6.07) is 4.22. The normalized spacial score (nSPS) is 16.8. The number of thiocarbonyl (C=S) groups is 1. The third-order valence-corrected chi connectivity index (χ3v) is 5.36. The molecule has 1 aliphatic heterocycles. The molecule has 1 heterocycles. The third-order valence-electron chi connectivity index (χ3n) is 4.87. The Hall–Kier alpha value is -1.09. The molecule has 0 aromatic heterocycles. The van der Waals surface area contributed by atoms with E-state index >= 15 is 0 Å². The summed E-state index contributed by atoms with van der Waals surface area (Å²) in [5.41, 5.74) is 2.83. The van der Waals surface area contributed by atoms with Crippen LogP contribution in [0.1, 0.15) is 83.9 Å². The first-order valence-electron chi connectivity index (χ1n) is 9.19. The molecular weight excluding hydrogens is 314 g/mol. The maximum Gasteiger partial charge on any atom is 0.123 e. The van der Waals surface area contributed by atoms with Crippen LogP contribution in [0.5, 0.6) is 5.75 Å². The summed E-state index contributed by atoms with van der Waals surface area (Å²) in [5, 5.41) is 10.9. The van der Waals surface area contributed by atoms with Gasteiger partial charge in [-0.1, -0.05) is 66.6 Å². The monoisotopic (exact) mass is 347 g/mol. The lowest BCUT2D eigenvalue weighted by atomic mass is 9.78. The molecule has 3 heteroatoms. The summed E-state index contributed by atoms with van der Waals surface area (Å²) in [5.74, 6) is 0.428. The van der Waals surface area contributed by atoms with E-state index in [0.717, 1.165) is 34.8 Å². The van der Waals surface area contributed by atoms with Crippen LogP contribution in [-0.4, -0.2) is 28.1 Å². The van der Waals surface area contributed by atoms with Gasteiger partial charge in [0.1, 0.15) is 10.7 Å². The van der Waals surface area contributed by atoms with Gasteiger partial charge < -0.3 is 10.0 Å². The topological polar surface area (TPSA) is 23.5 Å². The molecule has 0 spiro atoms. The molecule has 1 aromatic rings. The Morgan fingerprint density at radius 1 is 0.875 bits per heavy atom. The molecule has 0 atom stereocenters. The lowest BCUT2D eigenvalue weighted by molar-refractivity contribution is 0.422. The smallest absolute Gasteiger partial charge is 0.123 e. The first-order valence-corrected chi connectivity index (χ1v) is 9.60. The Labute approximate surface area is 153 Å². The highest BCUT2D eigenvalue weighted by Crippen LogP contribution is 2.40. The first kappa shape index (κ1) is 19.2. The number of nitrogens with zero attached hydrogens (tertiary/aromatic N) is 1. The van der Waals surface area contributed by atoms with Gasteiger partial charge in [0.15, 0.2) is 0 Å². The van der Waals surface area contributed by atoms with Crippen LogP contribution in [0.25, 0.3) is 0 Å². The van der Waals surface area contributed by atoms with Gasteiger partial charge in [0.25, 0.3) is 0 Å². The van der Waals surface area contributed by atoms with Crippen LogP contribution in [0.4, 0.5) is 0 Å². The lowest BCUT2D eigenvalue weighted by Gasteiger charge is -2.30. The van der Waals surface area contributed by atoms with E-state index in [1.807, 2.05) is 0 Å². The van der Waals surface area contributed by atoms with Gasteiger partial charge in [0.05, 0.1) is 0 Å². The zero-order valence-electron chi connectivity index (χ0n) is 16.2. The number of phenolic OH excluding ortho intramolecular Hbond substituents is 1. The summed E-state index contributed by atoms with van der Waals surface area (Å²) < 4.78 is 0. The van der Waals surface area contributed by atoms with E-state index in [4.69, 9.17) is 12.2 Å². The van der Waals surface area contributed by atoms with Gasteiger partial charge in [-0.2, -0.15) is 0 Å². The second-order valence-electron chi connectivity index (χ2n) is 9.13. The third kappa shape index (κ3) is 4.30. The standard InChI is InChI=1S/C21H33NOS/c1-20(2,3)16-13-15(14-17(18(16)23)21(4,5)6)19(24)22-11-9-7-8-10-12-22/h13-14,23H,7-12H2,1-6H3. The first-order chi connectivity index (χ1) is 11.0. The molecule has 1 N–H and O–H groups in total. The summed E-state index contributed by atoms with van der Waals surface area (Å²) in [6.45, 7) is 15.0. The van der Waals surface area contributed by atoms with Crippen molar-refractivity contribution in [2.45, 2.75) is 78.1 Å². The van der Waals surface area contributed by atoms with E-state index in [1.165, 1.54) is 25.7 Å². The van der Waals surface area contributed by atoms with Crippen molar-refractivity contribution in [2.24, 2.45) is 0 Å².